The number of nitrogens with zero attached hydrogens (tertiary/aromatic N) is 6. The minimum absolute atomic E-state index is 0.0910. The Labute approximate surface area is 215 Å². The van der Waals surface area contributed by atoms with Crippen LogP contribution in [0.1, 0.15) is 47.2 Å². The van der Waals surface area contributed by atoms with E-state index < -0.39 is 0 Å². The zero-order valence-corrected chi connectivity index (χ0v) is 21.4. The number of pyridine rings is 1. The van der Waals surface area contributed by atoms with Crippen LogP contribution in [-0.2, 0) is 17.8 Å². The predicted octanol–water partition coefficient (Wildman–Crippen LogP) is 2.81. The molecule has 10 nitrogen and oxygen atoms in total. The van der Waals surface area contributed by atoms with Gasteiger partial charge in [-0.05, 0) is 72.3 Å². The molecule has 1 aromatic carbocycles. The maximum atomic E-state index is 13.6. The van der Waals surface area contributed by atoms with Crippen LogP contribution in [0.3, 0.4) is 0 Å². The summed E-state index contributed by atoms with van der Waals surface area (Å²) in [5, 5.41) is 13.8. The summed E-state index contributed by atoms with van der Waals surface area (Å²) in [6.07, 6.45) is 3.84. The Hall–Kier alpha value is -3.34. The SMILES string of the molecule is Cc1cc(C)c2[nH]c(=O)c(C(c3nnnn3CC3CCCO3)N3CCN(Cc4ccco4)CC3)cc2c1. The van der Waals surface area contributed by atoms with Crippen molar-refractivity contribution in [1.29, 1.82) is 0 Å². The second-order valence-electron chi connectivity index (χ2n) is 10.2. The summed E-state index contributed by atoms with van der Waals surface area (Å²) in [5.74, 6) is 1.64. The van der Waals surface area contributed by atoms with Crippen LogP contribution in [0.25, 0.3) is 10.9 Å². The van der Waals surface area contributed by atoms with E-state index in [0.29, 0.717) is 17.9 Å². The molecule has 0 amide bonds. The standard InChI is InChI=1S/C27H33N7O3/c1-18-13-19(2)24-20(14-18)15-23(27(35)28-24)25(26-29-30-31-34(26)17-22-6-4-12-37-22)33-9-7-32(8-10-33)16-21-5-3-11-36-21/h3,5,11,13-15,22,25H,4,6-10,12,16-17H2,1-2H3,(H,28,35). The van der Waals surface area contributed by atoms with Gasteiger partial charge in [-0.25, -0.2) is 4.68 Å². The largest absolute Gasteiger partial charge is 0.468 e. The molecule has 2 saturated heterocycles. The van der Waals surface area contributed by atoms with E-state index in [-0.39, 0.29) is 17.7 Å². The van der Waals surface area contributed by atoms with Gasteiger partial charge in [-0.2, -0.15) is 0 Å². The number of aromatic nitrogens is 5. The number of aromatic amines is 1. The molecule has 0 bridgehead atoms. The average Bonchev–Trinajstić information content (AvgIpc) is 3.66. The highest BCUT2D eigenvalue weighted by atomic mass is 16.5. The molecule has 1 N–H and O–H groups in total. The van der Waals surface area contributed by atoms with Gasteiger partial charge in [0.15, 0.2) is 5.82 Å². The Balaban J connectivity index is 1.36. The molecule has 0 saturated carbocycles. The zero-order valence-electron chi connectivity index (χ0n) is 21.4. The molecule has 37 heavy (non-hydrogen) atoms. The van der Waals surface area contributed by atoms with Crippen molar-refractivity contribution in [3.8, 4) is 0 Å². The smallest absolute Gasteiger partial charge is 0.253 e. The van der Waals surface area contributed by atoms with Crippen molar-refractivity contribution in [1.82, 2.24) is 35.0 Å². The van der Waals surface area contributed by atoms with Crippen LogP contribution in [0.5, 0.6) is 0 Å². The summed E-state index contributed by atoms with van der Waals surface area (Å²) in [5.41, 5.74) is 3.66. The van der Waals surface area contributed by atoms with Gasteiger partial charge >= 0.3 is 0 Å². The quantitative estimate of drug-likeness (QED) is 0.411. The molecule has 0 aliphatic carbocycles. The highest BCUT2D eigenvalue weighted by molar-refractivity contribution is 5.83. The lowest BCUT2D eigenvalue weighted by Gasteiger charge is -2.38. The molecular weight excluding hydrogens is 470 g/mol. The number of H-pyrrole nitrogens is 1. The van der Waals surface area contributed by atoms with Crippen LogP contribution in [-0.4, -0.2) is 73.9 Å². The number of hydrogen-bond acceptors (Lipinski definition) is 8. The number of rotatable bonds is 7. The third-order valence-electron chi connectivity index (χ3n) is 7.55. The molecule has 5 heterocycles. The molecule has 6 rings (SSSR count). The van der Waals surface area contributed by atoms with Gasteiger partial charge in [-0.3, -0.25) is 14.6 Å². The second-order valence-corrected chi connectivity index (χ2v) is 10.2. The number of benzene rings is 1. The van der Waals surface area contributed by atoms with Crippen molar-refractivity contribution in [3.63, 3.8) is 0 Å². The van der Waals surface area contributed by atoms with Crippen LogP contribution < -0.4 is 5.56 Å². The molecule has 4 aromatic rings. The van der Waals surface area contributed by atoms with Gasteiger partial charge in [0, 0.05) is 38.3 Å². The van der Waals surface area contributed by atoms with Gasteiger partial charge in [0.25, 0.3) is 5.56 Å². The van der Waals surface area contributed by atoms with Crippen molar-refractivity contribution in [2.24, 2.45) is 0 Å². The Bertz CT molecular complexity index is 1410. The van der Waals surface area contributed by atoms with Gasteiger partial charge in [-0.1, -0.05) is 11.6 Å². The number of furan rings is 1. The molecule has 0 radical (unpaired) electrons. The van der Waals surface area contributed by atoms with Gasteiger partial charge < -0.3 is 14.1 Å². The summed E-state index contributed by atoms with van der Waals surface area (Å²) >= 11 is 0. The first-order valence-corrected chi connectivity index (χ1v) is 13.1. The summed E-state index contributed by atoms with van der Waals surface area (Å²) < 4.78 is 13.3. The normalized spacial score (nSPS) is 20.1. The van der Waals surface area contributed by atoms with Crippen molar-refractivity contribution >= 4 is 10.9 Å². The summed E-state index contributed by atoms with van der Waals surface area (Å²) in [7, 11) is 0. The Morgan fingerprint density at radius 2 is 2.03 bits per heavy atom. The third kappa shape index (κ3) is 4.96. The molecule has 2 fully saturated rings. The van der Waals surface area contributed by atoms with Crippen LogP contribution in [0, 0.1) is 13.8 Å². The minimum Gasteiger partial charge on any atom is -0.468 e. The maximum Gasteiger partial charge on any atom is 0.253 e. The molecule has 2 unspecified atom stereocenters. The van der Waals surface area contributed by atoms with E-state index in [0.717, 1.165) is 80.0 Å². The number of fused-ring (bicyclic) bond motifs is 1. The lowest BCUT2D eigenvalue weighted by atomic mass is 10.00. The average molecular weight is 504 g/mol. The lowest BCUT2D eigenvalue weighted by molar-refractivity contribution is 0.0825. The topological polar surface area (TPSA) is 105 Å². The first kappa shape index (κ1) is 24.0. The molecule has 194 valence electrons. The van der Waals surface area contributed by atoms with Gasteiger partial charge in [0.1, 0.15) is 11.8 Å². The van der Waals surface area contributed by atoms with Crippen LogP contribution in [0.4, 0.5) is 0 Å². The number of piperazine rings is 1. The molecular formula is C27H33N7O3. The van der Waals surface area contributed by atoms with Gasteiger partial charge in [0.2, 0.25) is 0 Å². The maximum absolute atomic E-state index is 13.6. The minimum atomic E-state index is -0.365. The fraction of sp³-hybridized carbons (Fsp3) is 0.481. The fourth-order valence-electron chi connectivity index (χ4n) is 5.73. The first-order chi connectivity index (χ1) is 18.0. The molecule has 2 atom stereocenters. The van der Waals surface area contributed by atoms with Crippen molar-refractivity contribution in [3.05, 3.63) is 75.2 Å². The second kappa shape index (κ2) is 10.2. The van der Waals surface area contributed by atoms with E-state index >= 15 is 0 Å². The number of aryl methyl sites for hydroxylation is 2. The Morgan fingerprint density at radius 3 is 2.78 bits per heavy atom. The van der Waals surface area contributed by atoms with E-state index in [1.54, 1.807) is 6.26 Å². The fourth-order valence-corrected chi connectivity index (χ4v) is 5.73. The summed E-state index contributed by atoms with van der Waals surface area (Å²) in [4.78, 5) is 21.4. The Morgan fingerprint density at radius 1 is 1.16 bits per heavy atom. The third-order valence-corrected chi connectivity index (χ3v) is 7.55. The molecule has 2 aliphatic heterocycles. The summed E-state index contributed by atoms with van der Waals surface area (Å²) in [6.45, 7) is 9.51. The van der Waals surface area contributed by atoms with Crippen molar-refractivity contribution < 1.29 is 9.15 Å². The highest BCUT2D eigenvalue weighted by Crippen LogP contribution is 2.29. The zero-order chi connectivity index (χ0) is 25.4. The van der Waals surface area contributed by atoms with Crippen LogP contribution in [0.2, 0.25) is 0 Å². The van der Waals surface area contributed by atoms with E-state index in [2.05, 4.69) is 49.4 Å². The number of tetrazole rings is 1. The molecule has 3 aromatic heterocycles. The lowest BCUT2D eigenvalue weighted by Crippen LogP contribution is -2.48. The summed E-state index contributed by atoms with van der Waals surface area (Å²) in [6, 6.07) is 9.80. The molecule has 10 heteroatoms. The number of nitrogens with one attached hydrogen (secondary N) is 1. The van der Waals surface area contributed by atoms with E-state index in [4.69, 9.17) is 9.15 Å². The highest BCUT2D eigenvalue weighted by Gasteiger charge is 2.33. The number of ether oxygens (including phenoxy) is 1. The van der Waals surface area contributed by atoms with E-state index in [9.17, 15) is 4.79 Å². The predicted molar refractivity (Wildman–Crippen MR) is 138 cm³/mol. The van der Waals surface area contributed by atoms with Crippen LogP contribution in [0.15, 0.2) is 45.8 Å². The first-order valence-electron chi connectivity index (χ1n) is 13.1. The molecule has 2 aliphatic rings. The van der Waals surface area contributed by atoms with E-state index in [1.165, 1.54) is 0 Å². The van der Waals surface area contributed by atoms with Crippen molar-refractivity contribution in [2.75, 3.05) is 32.8 Å². The molecule has 0 spiro atoms. The van der Waals surface area contributed by atoms with Crippen molar-refractivity contribution in [2.45, 2.75) is 51.9 Å². The van der Waals surface area contributed by atoms with E-state index in [1.807, 2.05) is 29.8 Å². The Kier molecular flexibility index (Phi) is 6.62. The van der Waals surface area contributed by atoms with Gasteiger partial charge in [-0.15, -0.1) is 5.10 Å². The monoisotopic (exact) mass is 503 g/mol. The number of hydrogen-bond donors (Lipinski definition) is 1. The van der Waals surface area contributed by atoms with Gasteiger partial charge in [0.05, 0.1) is 31.0 Å². The van der Waals surface area contributed by atoms with Crippen LogP contribution >= 0.6 is 0 Å².